The van der Waals surface area contributed by atoms with Gasteiger partial charge in [0.1, 0.15) is 5.82 Å². The van der Waals surface area contributed by atoms with Gasteiger partial charge in [-0.2, -0.15) is 0 Å². The summed E-state index contributed by atoms with van der Waals surface area (Å²) in [6.07, 6.45) is 0. The second-order valence-electron chi connectivity index (χ2n) is 4.50. The molecular formula is C13H20FN. The van der Waals surface area contributed by atoms with E-state index in [9.17, 15) is 4.39 Å². The molecule has 0 aliphatic heterocycles. The fraction of sp³-hybridized carbons (Fsp3) is 0.538. The molecule has 0 saturated heterocycles. The van der Waals surface area contributed by atoms with Crippen molar-refractivity contribution in [3.63, 3.8) is 0 Å². The lowest BCUT2D eigenvalue weighted by Gasteiger charge is -2.17. The highest BCUT2D eigenvalue weighted by molar-refractivity contribution is 5.23. The van der Waals surface area contributed by atoms with Crippen molar-refractivity contribution in [2.45, 2.75) is 40.3 Å². The topological polar surface area (TPSA) is 12.0 Å². The highest BCUT2D eigenvalue weighted by atomic mass is 19.1. The molecule has 0 bridgehead atoms. The summed E-state index contributed by atoms with van der Waals surface area (Å²) in [5, 5.41) is 3.42. The minimum atomic E-state index is -0.129. The predicted molar refractivity (Wildman–Crippen MR) is 62.3 cm³/mol. The SMILES string of the molecule is Cc1cc(CN[C@@H](C)C(C)C)ccc1F. The van der Waals surface area contributed by atoms with E-state index in [0.29, 0.717) is 17.5 Å². The molecule has 2 heteroatoms. The van der Waals surface area contributed by atoms with Crippen molar-refractivity contribution >= 4 is 0 Å². The van der Waals surface area contributed by atoms with Gasteiger partial charge in [-0.15, -0.1) is 0 Å². The van der Waals surface area contributed by atoms with Crippen molar-refractivity contribution in [1.82, 2.24) is 5.32 Å². The molecule has 0 aliphatic carbocycles. The van der Waals surface area contributed by atoms with E-state index < -0.39 is 0 Å². The van der Waals surface area contributed by atoms with Gasteiger partial charge in [0, 0.05) is 12.6 Å². The van der Waals surface area contributed by atoms with Crippen LogP contribution in [0.2, 0.25) is 0 Å². The van der Waals surface area contributed by atoms with Gasteiger partial charge in [0.15, 0.2) is 0 Å². The third-order valence-electron chi connectivity index (χ3n) is 2.85. The van der Waals surface area contributed by atoms with Crippen LogP contribution in [0.3, 0.4) is 0 Å². The van der Waals surface area contributed by atoms with Gasteiger partial charge in [-0.1, -0.05) is 26.0 Å². The van der Waals surface area contributed by atoms with Crippen molar-refractivity contribution in [3.05, 3.63) is 35.1 Å². The van der Waals surface area contributed by atoms with Gasteiger partial charge in [0.2, 0.25) is 0 Å². The molecule has 0 fully saturated rings. The van der Waals surface area contributed by atoms with Gasteiger partial charge < -0.3 is 5.32 Å². The highest BCUT2D eigenvalue weighted by Crippen LogP contribution is 2.10. The molecular weight excluding hydrogens is 189 g/mol. The molecule has 1 N–H and O–H groups in total. The Labute approximate surface area is 91.7 Å². The fourth-order valence-corrected chi connectivity index (χ4v) is 1.33. The average Bonchev–Trinajstić information content (AvgIpc) is 2.19. The molecule has 1 nitrogen and oxygen atoms in total. The molecule has 0 aromatic heterocycles. The van der Waals surface area contributed by atoms with Crippen LogP contribution in [0, 0.1) is 18.7 Å². The zero-order valence-electron chi connectivity index (χ0n) is 9.97. The maximum absolute atomic E-state index is 13.0. The molecule has 0 spiro atoms. The van der Waals surface area contributed by atoms with Gasteiger partial charge in [0.05, 0.1) is 0 Å². The summed E-state index contributed by atoms with van der Waals surface area (Å²) in [5.74, 6) is 0.488. The minimum absolute atomic E-state index is 0.129. The van der Waals surface area contributed by atoms with Gasteiger partial charge in [-0.05, 0) is 37.0 Å². The maximum atomic E-state index is 13.0. The molecule has 15 heavy (non-hydrogen) atoms. The molecule has 0 unspecified atom stereocenters. The lowest BCUT2D eigenvalue weighted by Crippen LogP contribution is -2.30. The first-order chi connectivity index (χ1) is 7.00. The molecule has 1 aromatic carbocycles. The van der Waals surface area contributed by atoms with E-state index in [1.807, 2.05) is 12.1 Å². The van der Waals surface area contributed by atoms with Crippen LogP contribution in [0.15, 0.2) is 18.2 Å². The second kappa shape index (κ2) is 5.26. The van der Waals surface area contributed by atoms with Crippen molar-refractivity contribution in [1.29, 1.82) is 0 Å². The number of hydrogen-bond donors (Lipinski definition) is 1. The van der Waals surface area contributed by atoms with Crippen LogP contribution in [0.25, 0.3) is 0 Å². The predicted octanol–water partition coefficient (Wildman–Crippen LogP) is 3.27. The number of aryl methyl sites for hydroxylation is 1. The van der Waals surface area contributed by atoms with E-state index in [4.69, 9.17) is 0 Å². The van der Waals surface area contributed by atoms with E-state index in [-0.39, 0.29) is 5.82 Å². The lowest BCUT2D eigenvalue weighted by atomic mass is 10.1. The molecule has 0 saturated carbocycles. The lowest BCUT2D eigenvalue weighted by molar-refractivity contribution is 0.426. The normalized spacial score (nSPS) is 13.2. The van der Waals surface area contributed by atoms with Crippen LogP contribution in [-0.4, -0.2) is 6.04 Å². The van der Waals surface area contributed by atoms with E-state index in [1.54, 1.807) is 6.92 Å². The van der Waals surface area contributed by atoms with Crippen LogP contribution in [-0.2, 0) is 6.54 Å². The Kier molecular flexibility index (Phi) is 4.28. The highest BCUT2D eigenvalue weighted by Gasteiger charge is 2.06. The first kappa shape index (κ1) is 12.2. The van der Waals surface area contributed by atoms with Crippen molar-refractivity contribution in [2.75, 3.05) is 0 Å². The number of benzene rings is 1. The summed E-state index contributed by atoms with van der Waals surface area (Å²) < 4.78 is 13.0. The zero-order chi connectivity index (χ0) is 11.4. The standard InChI is InChI=1S/C13H20FN/c1-9(2)11(4)15-8-12-5-6-13(14)10(3)7-12/h5-7,9,11,15H,8H2,1-4H3/t11-/m0/s1. The van der Waals surface area contributed by atoms with Crippen molar-refractivity contribution in [3.8, 4) is 0 Å². The average molecular weight is 209 g/mol. The Balaban J connectivity index is 2.55. The van der Waals surface area contributed by atoms with Gasteiger partial charge in [0.25, 0.3) is 0 Å². The number of rotatable bonds is 4. The summed E-state index contributed by atoms with van der Waals surface area (Å²) in [6, 6.07) is 5.75. The number of nitrogens with one attached hydrogen (secondary N) is 1. The van der Waals surface area contributed by atoms with E-state index in [0.717, 1.165) is 12.1 Å². The summed E-state index contributed by atoms with van der Waals surface area (Å²) in [7, 11) is 0. The van der Waals surface area contributed by atoms with Crippen molar-refractivity contribution < 1.29 is 4.39 Å². The summed E-state index contributed by atoms with van der Waals surface area (Å²) in [5.41, 5.74) is 1.85. The molecule has 0 aliphatic rings. The monoisotopic (exact) mass is 209 g/mol. The van der Waals surface area contributed by atoms with Crippen LogP contribution in [0.5, 0.6) is 0 Å². The van der Waals surface area contributed by atoms with Crippen LogP contribution < -0.4 is 5.32 Å². The molecule has 1 rings (SSSR count). The second-order valence-corrected chi connectivity index (χ2v) is 4.50. The molecule has 0 amide bonds. The summed E-state index contributed by atoms with van der Waals surface area (Å²) >= 11 is 0. The van der Waals surface area contributed by atoms with E-state index in [2.05, 4.69) is 26.1 Å². The Morgan fingerprint density at radius 1 is 1.27 bits per heavy atom. The van der Waals surface area contributed by atoms with Crippen LogP contribution in [0.1, 0.15) is 31.9 Å². The Morgan fingerprint density at radius 2 is 1.93 bits per heavy atom. The first-order valence-electron chi connectivity index (χ1n) is 5.49. The van der Waals surface area contributed by atoms with Crippen molar-refractivity contribution in [2.24, 2.45) is 5.92 Å². The van der Waals surface area contributed by atoms with Crippen LogP contribution in [0.4, 0.5) is 4.39 Å². The maximum Gasteiger partial charge on any atom is 0.126 e. The molecule has 84 valence electrons. The minimum Gasteiger partial charge on any atom is -0.310 e. The molecule has 1 atom stereocenters. The summed E-state index contributed by atoms with van der Waals surface area (Å²) in [4.78, 5) is 0. The Bertz CT molecular complexity index is 320. The summed E-state index contributed by atoms with van der Waals surface area (Å²) in [6.45, 7) is 9.15. The van der Waals surface area contributed by atoms with Gasteiger partial charge >= 0.3 is 0 Å². The van der Waals surface area contributed by atoms with Crippen LogP contribution >= 0.6 is 0 Å². The molecule has 0 heterocycles. The third-order valence-corrected chi connectivity index (χ3v) is 2.85. The first-order valence-corrected chi connectivity index (χ1v) is 5.49. The largest absolute Gasteiger partial charge is 0.310 e. The molecule has 1 aromatic rings. The smallest absolute Gasteiger partial charge is 0.126 e. The Hall–Kier alpha value is -0.890. The number of hydrogen-bond acceptors (Lipinski definition) is 1. The van der Waals surface area contributed by atoms with E-state index in [1.165, 1.54) is 6.07 Å². The Morgan fingerprint density at radius 3 is 2.47 bits per heavy atom. The fourth-order valence-electron chi connectivity index (χ4n) is 1.33. The molecule has 0 radical (unpaired) electrons. The number of halogens is 1. The van der Waals surface area contributed by atoms with Gasteiger partial charge in [-0.25, -0.2) is 4.39 Å². The quantitative estimate of drug-likeness (QED) is 0.802. The zero-order valence-corrected chi connectivity index (χ0v) is 9.97. The van der Waals surface area contributed by atoms with E-state index >= 15 is 0 Å². The third kappa shape index (κ3) is 3.63. The van der Waals surface area contributed by atoms with Gasteiger partial charge in [-0.3, -0.25) is 0 Å².